The average Bonchev–Trinajstić information content (AvgIpc) is 2.62. The van der Waals surface area contributed by atoms with Gasteiger partial charge in [-0.3, -0.25) is 9.41 Å². The van der Waals surface area contributed by atoms with E-state index in [4.69, 9.17) is 0 Å². The van der Waals surface area contributed by atoms with Crippen molar-refractivity contribution in [3.63, 3.8) is 0 Å². The van der Waals surface area contributed by atoms with Gasteiger partial charge >= 0.3 is 91.9 Å². The average molecular weight is 289 g/mol. The van der Waals surface area contributed by atoms with Gasteiger partial charge in [0.15, 0.2) is 0 Å². The van der Waals surface area contributed by atoms with Gasteiger partial charge in [0, 0.05) is 0 Å². The Kier molecular flexibility index (Phi) is 6.20. The fourth-order valence-electron chi connectivity index (χ4n) is 1.71. The molecule has 0 atom stereocenters. The summed E-state index contributed by atoms with van der Waals surface area (Å²) >= 11 is -0.364. The van der Waals surface area contributed by atoms with Crippen LogP contribution in [0.5, 0.6) is 0 Å². The molecule has 0 saturated heterocycles. The Bertz CT molecular complexity index is 315. The molecule has 2 aliphatic carbocycles. The van der Waals surface area contributed by atoms with Crippen molar-refractivity contribution in [2.45, 2.75) is 26.7 Å². The molecule has 0 aromatic rings. The van der Waals surface area contributed by atoms with Gasteiger partial charge in [-0.1, -0.05) is 0 Å². The van der Waals surface area contributed by atoms with Crippen LogP contribution < -0.4 is 0 Å². The van der Waals surface area contributed by atoms with Crippen LogP contribution in [0.25, 0.3) is 0 Å². The van der Waals surface area contributed by atoms with E-state index in [1.165, 1.54) is 24.0 Å². The van der Waals surface area contributed by atoms with E-state index in [1.807, 2.05) is 0 Å². The van der Waals surface area contributed by atoms with E-state index in [9.17, 15) is 0 Å². The molecule has 0 spiro atoms. The van der Waals surface area contributed by atoms with E-state index < -0.39 is 0 Å². The van der Waals surface area contributed by atoms with Gasteiger partial charge in [0.25, 0.3) is 0 Å². The Morgan fingerprint density at radius 3 is 1.53 bits per heavy atom. The van der Waals surface area contributed by atoms with Crippen LogP contribution in [0.15, 0.2) is 42.0 Å². The molecular formula is C12H16F2Zr. The van der Waals surface area contributed by atoms with Crippen molar-refractivity contribution in [3.8, 4) is 0 Å². The first kappa shape index (κ1) is 14.7. The Labute approximate surface area is 101 Å². The molecule has 0 aromatic heterocycles. The molecule has 15 heavy (non-hydrogen) atoms. The van der Waals surface area contributed by atoms with E-state index in [0.29, 0.717) is 0 Å². The second-order valence-corrected chi connectivity index (χ2v) is 7.54. The van der Waals surface area contributed by atoms with Gasteiger partial charge in [0.2, 0.25) is 0 Å². The second kappa shape index (κ2) is 6.32. The SMILES string of the molecule is CC1=CC[C]([Zr][C]2=CC(C)=CC2)=C1.F.F. The first-order valence-electron chi connectivity index (χ1n) is 4.76. The normalized spacial score (nSPS) is 18.0. The van der Waals surface area contributed by atoms with Crippen LogP contribution in [-0.4, -0.2) is 0 Å². The van der Waals surface area contributed by atoms with Crippen LogP contribution in [-0.2, 0) is 23.2 Å². The topological polar surface area (TPSA) is 0 Å². The molecular weight excluding hydrogens is 273 g/mol. The zero-order valence-electron chi connectivity index (χ0n) is 9.04. The van der Waals surface area contributed by atoms with Gasteiger partial charge in [-0.25, -0.2) is 0 Å². The van der Waals surface area contributed by atoms with Crippen LogP contribution >= 0.6 is 0 Å². The van der Waals surface area contributed by atoms with Gasteiger partial charge in [-0.15, -0.1) is 0 Å². The Morgan fingerprint density at radius 1 is 0.867 bits per heavy atom. The van der Waals surface area contributed by atoms with Crippen molar-refractivity contribution < 1.29 is 32.6 Å². The van der Waals surface area contributed by atoms with Crippen LogP contribution in [0.3, 0.4) is 0 Å². The predicted molar refractivity (Wildman–Crippen MR) is 57.9 cm³/mol. The quantitative estimate of drug-likeness (QED) is 0.724. The molecule has 0 heterocycles. The third-order valence-electron chi connectivity index (χ3n) is 2.41. The summed E-state index contributed by atoms with van der Waals surface area (Å²) < 4.78 is 3.49. The van der Waals surface area contributed by atoms with Crippen molar-refractivity contribution in [1.82, 2.24) is 0 Å². The Hall–Kier alpha value is -0.297. The van der Waals surface area contributed by atoms with Crippen molar-refractivity contribution in [2.75, 3.05) is 0 Å². The second-order valence-electron chi connectivity index (χ2n) is 3.77. The largest absolute Gasteiger partial charge is 0.269 e. The Morgan fingerprint density at radius 2 is 1.27 bits per heavy atom. The molecule has 0 saturated carbocycles. The maximum Gasteiger partial charge on any atom is -0.269 e. The molecule has 0 bridgehead atoms. The van der Waals surface area contributed by atoms with Gasteiger partial charge in [0.05, 0.1) is 0 Å². The van der Waals surface area contributed by atoms with E-state index in [0.717, 1.165) is 0 Å². The van der Waals surface area contributed by atoms with Gasteiger partial charge in [-0.2, -0.15) is 0 Å². The van der Waals surface area contributed by atoms with Crippen molar-refractivity contribution in [2.24, 2.45) is 0 Å². The molecule has 0 radical (unpaired) electrons. The summed E-state index contributed by atoms with van der Waals surface area (Å²) in [6, 6.07) is 0. The number of rotatable bonds is 2. The standard InChI is InChI=1S/2C6H7.2FH.Zr/c2*1-6-4-2-3-5-6;;;/h2*4-5H,2H2,1H3;2*1H;. The summed E-state index contributed by atoms with van der Waals surface area (Å²) in [6.45, 7) is 4.41. The first-order chi connectivity index (χ1) is 6.24. The van der Waals surface area contributed by atoms with E-state index >= 15 is 0 Å². The van der Waals surface area contributed by atoms with Crippen LogP contribution in [0.4, 0.5) is 9.41 Å². The summed E-state index contributed by atoms with van der Waals surface area (Å²) in [6.07, 6.45) is 12.0. The molecule has 2 aliphatic rings. The van der Waals surface area contributed by atoms with Crippen LogP contribution in [0.2, 0.25) is 0 Å². The zero-order chi connectivity index (χ0) is 9.26. The third kappa shape index (κ3) is 3.98. The van der Waals surface area contributed by atoms with E-state index in [2.05, 4.69) is 38.2 Å². The van der Waals surface area contributed by atoms with Crippen LogP contribution in [0.1, 0.15) is 26.7 Å². The molecule has 2 rings (SSSR count). The molecule has 0 nitrogen and oxygen atoms in total. The first-order valence-corrected chi connectivity index (χ1v) is 7.21. The molecule has 3 heteroatoms. The summed E-state index contributed by atoms with van der Waals surface area (Å²) in [5.74, 6) is 0. The monoisotopic (exact) mass is 288 g/mol. The molecule has 0 unspecified atom stereocenters. The smallest absolute Gasteiger partial charge is 0.269 e. The maximum absolute atomic E-state index is 2.40. The number of halogens is 2. The molecule has 0 amide bonds. The van der Waals surface area contributed by atoms with Gasteiger partial charge < -0.3 is 0 Å². The Balaban J connectivity index is 0.000000980. The van der Waals surface area contributed by atoms with Crippen molar-refractivity contribution in [3.05, 3.63) is 42.0 Å². The van der Waals surface area contributed by atoms with Crippen LogP contribution in [0, 0.1) is 0 Å². The molecule has 0 fully saturated rings. The number of allylic oxidation sites excluding steroid dienone is 8. The van der Waals surface area contributed by atoms with E-state index in [1.54, 1.807) is 6.56 Å². The summed E-state index contributed by atoms with van der Waals surface area (Å²) in [5.41, 5.74) is 2.94. The van der Waals surface area contributed by atoms with Gasteiger partial charge in [-0.05, 0) is 0 Å². The van der Waals surface area contributed by atoms with Crippen molar-refractivity contribution in [1.29, 1.82) is 0 Å². The molecule has 82 valence electrons. The van der Waals surface area contributed by atoms with Gasteiger partial charge in [0.1, 0.15) is 0 Å². The molecule has 0 aromatic carbocycles. The fourth-order valence-corrected chi connectivity index (χ4v) is 5.20. The summed E-state index contributed by atoms with van der Waals surface area (Å²) in [4.78, 5) is 0. The van der Waals surface area contributed by atoms with E-state index in [-0.39, 0.29) is 32.6 Å². The fraction of sp³-hybridized carbons (Fsp3) is 0.333. The summed E-state index contributed by atoms with van der Waals surface area (Å²) in [5, 5.41) is 0. The maximum atomic E-state index is 2.40. The predicted octanol–water partition coefficient (Wildman–Crippen LogP) is 3.84. The zero-order valence-corrected chi connectivity index (χ0v) is 11.5. The number of hydrogen-bond donors (Lipinski definition) is 0. The minimum Gasteiger partial charge on any atom is -0.269 e. The minimum absolute atomic E-state index is 0. The number of hydrogen-bond acceptors (Lipinski definition) is 0. The van der Waals surface area contributed by atoms with Crippen molar-refractivity contribution >= 4 is 0 Å². The molecule has 0 aliphatic heterocycles. The minimum atomic E-state index is -0.364. The third-order valence-corrected chi connectivity index (χ3v) is 5.70. The summed E-state index contributed by atoms with van der Waals surface area (Å²) in [7, 11) is 0. The molecule has 0 N–H and O–H groups in total.